The Hall–Kier alpha value is -3.02. The molecule has 0 spiro atoms. The van der Waals surface area contributed by atoms with Gasteiger partial charge in [0, 0.05) is 32.4 Å². The highest BCUT2D eigenvalue weighted by atomic mass is 16.5. The Kier molecular flexibility index (Phi) is 7.42. The van der Waals surface area contributed by atoms with E-state index in [1.54, 1.807) is 6.20 Å². The van der Waals surface area contributed by atoms with Gasteiger partial charge in [-0.1, -0.05) is 66.7 Å². The second-order valence-corrected chi connectivity index (χ2v) is 7.98. The van der Waals surface area contributed by atoms with Crippen LogP contribution >= 0.6 is 0 Å². The Morgan fingerprint density at radius 2 is 1.58 bits per heavy atom. The molecule has 0 saturated carbocycles. The molecule has 31 heavy (non-hydrogen) atoms. The van der Waals surface area contributed by atoms with Crippen LogP contribution in [-0.2, 0) is 29.1 Å². The molecule has 1 saturated heterocycles. The monoisotopic (exact) mass is 415 g/mol. The van der Waals surface area contributed by atoms with Crippen molar-refractivity contribution in [3.05, 3.63) is 102 Å². The first-order valence-electron chi connectivity index (χ1n) is 10.9. The predicted octanol–water partition coefficient (Wildman–Crippen LogP) is 3.55. The molecule has 1 aromatic heterocycles. The fraction of sp³-hybridized carbons (Fsp3) is 0.308. The van der Waals surface area contributed by atoms with Crippen molar-refractivity contribution in [3.8, 4) is 0 Å². The minimum atomic E-state index is -0.0621. The maximum absolute atomic E-state index is 13.1. The summed E-state index contributed by atoms with van der Waals surface area (Å²) in [5.41, 5.74) is 3.33. The van der Waals surface area contributed by atoms with E-state index in [0.717, 1.165) is 30.8 Å². The van der Waals surface area contributed by atoms with E-state index in [1.807, 2.05) is 47.4 Å². The van der Waals surface area contributed by atoms with E-state index in [4.69, 9.17) is 4.74 Å². The molecule has 160 valence electrons. The van der Waals surface area contributed by atoms with Crippen LogP contribution in [0.1, 0.15) is 16.8 Å². The van der Waals surface area contributed by atoms with E-state index in [9.17, 15) is 4.79 Å². The van der Waals surface area contributed by atoms with Crippen molar-refractivity contribution in [2.45, 2.75) is 25.7 Å². The summed E-state index contributed by atoms with van der Waals surface area (Å²) in [5, 5.41) is 0. The first-order valence-corrected chi connectivity index (χ1v) is 10.9. The summed E-state index contributed by atoms with van der Waals surface area (Å²) in [7, 11) is 0. The van der Waals surface area contributed by atoms with Gasteiger partial charge in [0.15, 0.2) is 0 Å². The average Bonchev–Trinajstić information content (AvgIpc) is 2.96. The van der Waals surface area contributed by atoms with E-state index in [1.165, 1.54) is 5.56 Å². The van der Waals surface area contributed by atoms with Gasteiger partial charge >= 0.3 is 0 Å². The molecule has 2 heterocycles. The second-order valence-electron chi connectivity index (χ2n) is 7.98. The van der Waals surface area contributed by atoms with Crippen molar-refractivity contribution in [1.29, 1.82) is 0 Å². The number of benzene rings is 2. The second kappa shape index (κ2) is 10.8. The largest absolute Gasteiger partial charge is 0.369 e. The maximum atomic E-state index is 13.1. The first kappa shape index (κ1) is 21.2. The smallest absolute Gasteiger partial charge is 0.237 e. The zero-order valence-corrected chi connectivity index (χ0v) is 17.8. The third kappa shape index (κ3) is 6.48. The van der Waals surface area contributed by atoms with Crippen molar-refractivity contribution in [2.24, 2.45) is 0 Å². The molecule has 5 nitrogen and oxygen atoms in total. The van der Waals surface area contributed by atoms with Gasteiger partial charge in [0.2, 0.25) is 5.91 Å². The van der Waals surface area contributed by atoms with Crippen LogP contribution in [-0.4, -0.2) is 53.0 Å². The molecule has 1 aliphatic heterocycles. The lowest BCUT2D eigenvalue weighted by atomic mass is 10.1. The van der Waals surface area contributed by atoms with Gasteiger partial charge in [0.25, 0.3) is 0 Å². The predicted molar refractivity (Wildman–Crippen MR) is 121 cm³/mol. The summed E-state index contributed by atoms with van der Waals surface area (Å²) in [6.07, 6.45) is 2.64. The zero-order chi connectivity index (χ0) is 21.3. The average molecular weight is 416 g/mol. The maximum Gasteiger partial charge on any atom is 0.237 e. The van der Waals surface area contributed by atoms with Crippen LogP contribution in [0, 0.1) is 0 Å². The first-order chi connectivity index (χ1) is 15.3. The van der Waals surface area contributed by atoms with Gasteiger partial charge in [-0.05, 0) is 29.7 Å². The summed E-state index contributed by atoms with van der Waals surface area (Å²) in [6, 6.07) is 26.4. The summed E-state index contributed by atoms with van der Waals surface area (Å²) in [6.45, 7) is 3.63. The summed E-state index contributed by atoms with van der Waals surface area (Å²) in [5.74, 6) is 0.154. The summed E-state index contributed by atoms with van der Waals surface area (Å²) >= 11 is 0. The Bertz CT molecular complexity index is 935. The quantitative estimate of drug-likeness (QED) is 0.564. The van der Waals surface area contributed by atoms with Gasteiger partial charge in [0.1, 0.15) is 0 Å². The van der Waals surface area contributed by atoms with E-state index < -0.39 is 0 Å². The molecule has 2 aromatic carbocycles. The SMILES string of the molecule is O=C1CN(CCc2ccccc2)C[C@H](OCc2ccccn2)CN1Cc1ccccc1. The van der Waals surface area contributed by atoms with Crippen molar-refractivity contribution < 1.29 is 9.53 Å². The Morgan fingerprint density at radius 1 is 0.871 bits per heavy atom. The number of hydrogen-bond acceptors (Lipinski definition) is 4. The number of pyridine rings is 1. The van der Waals surface area contributed by atoms with Gasteiger partial charge in [0.05, 0.1) is 24.9 Å². The van der Waals surface area contributed by atoms with E-state index in [2.05, 4.69) is 46.3 Å². The molecule has 1 amide bonds. The van der Waals surface area contributed by atoms with Crippen molar-refractivity contribution in [2.75, 3.05) is 26.2 Å². The number of amides is 1. The third-order valence-corrected chi connectivity index (χ3v) is 5.57. The molecule has 1 atom stereocenters. The lowest BCUT2D eigenvalue weighted by molar-refractivity contribution is -0.132. The van der Waals surface area contributed by atoms with Crippen LogP contribution in [0.3, 0.4) is 0 Å². The number of hydrogen-bond donors (Lipinski definition) is 0. The number of rotatable bonds is 8. The molecule has 0 N–H and O–H groups in total. The Labute approximate surface area is 184 Å². The Morgan fingerprint density at radius 3 is 2.29 bits per heavy atom. The molecule has 1 aliphatic rings. The van der Waals surface area contributed by atoms with Crippen molar-refractivity contribution >= 4 is 5.91 Å². The topological polar surface area (TPSA) is 45.7 Å². The molecule has 4 rings (SSSR count). The third-order valence-electron chi connectivity index (χ3n) is 5.57. The van der Waals surface area contributed by atoms with Crippen molar-refractivity contribution in [3.63, 3.8) is 0 Å². The highest BCUT2D eigenvalue weighted by Crippen LogP contribution is 2.14. The van der Waals surface area contributed by atoms with E-state index in [-0.39, 0.29) is 12.0 Å². The van der Waals surface area contributed by atoms with E-state index >= 15 is 0 Å². The summed E-state index contributed by atoms with van der Waals surface area (Å²) in [4.78, 5) is 21.6. The van der Waals surface area contributed by atoms with Crippen LogP contribution in [0.4, 0.5) is 0 Å². The minimum Gasteiger partial charge on any atom is -0.369 e. The summed E-state index contributed by atoms with van der Waals surface area (Å²) < 4.78 is 6.25. The Balaban J connectivity index is 1.44. The highest BCUT2D eigenvalue weighted by molar-refractivity contribution is 5.78. The standard InChI is InChI=1S/C26H29N3O2/c30-26-20-28(16-14-22-9-3-1-4-10-22)18-25(31-21-24-13-7-8-15-27-24)19-29(26)17-23-11-5-2-6-12-23/h1-13,15,25H,14,16-21H2/t25-/m0/s1. The molecule has 1 fully saturated rings. The normalized spacial score (nSPS) is 17.5. The fourth-order valence-corrected chi connectivity index (χ4v) is 3.90. The van der Waals surface area contributed by atoms with Gasteiger partial charge in [-0.15, -0.1) is 0 Å². The van der Waals surface area contributed by atoms with Crippen LogP contribution in [0.25, 0.3) is 0 Å². The fourth-order valence-electron chi connectivity index (χ4n) is 3.90. The van der Waals surface area contributed by atoms with Crippen LogP contribution in [0.5, 0.6) is 0 Å². The van der Waals surface area contributed by atoms with Gasteiger partial charge in [-0.2, -0.15) is 0 Å². The minimum absolute atomic E-state index is 0.0621. The molecular weight excluding hydrogens is 386 g/mol. The van der Waals surface area contributed by atoms with Crippen molar-refractivity contribution in [1.82, 2.24) is 14.8 Å². The lowest BCUT2D eigenvalue weighted by Gasteiger charge is -2.25. The molecule has 0 unspecified atom stereocenters. The van der Waals surface area contributed by atoms with Gasteiger partial charge < -0.3 is 9.64 Å². The zero-order valence-electron chi connectivity index (χ0n) is 17.8. The molecule has 0 aliphatic carbocycles. The van der Waals surface area contributed by atoms with Gasteiger partial charge in [-0.25, -0.2) is 0 Å². The van der Waals surface area contributed by atoms with Crippen LogP contribution in [0.15, 0.2) is 85.1 Å². The number of carbonyl (C=O) groups excluding carboxylic acids is 1. The van der Waals surface area contributed by atoms with Gasteiger partial charge in [-0.3, -0.25) is 14.7 Å². The molecule has 3 aromatic rings. The molecule has 5 heteroatoms. The van der Waals surface area contributed by atoms with E-state index in [0.29, 0.717) is 26.2 Å². The molecule has 0 radical (unpaired) electrons. The molecular formula is C26H29N3O2. The highest BCUT2D eigenvalue weighted by Gasteiger charge is 2.28. The number of carbonyl (C=O) groups is 1. The number of nitrogens with zero attached hydrogens (tertiary/aromatic N) is 3. The number of aromatic nitrogens is 1. The molecule has 0 bridgehead atoms. The lowest BCUT2D eigenvalue weighted by Crippen LogP contribution is -2.37. The number of ether oxygens (including phenoxy) is 1. The van der Waals surface area contributed by atoms with Crippen LogP contribution in [0.2, 0.25) is 0 Å². The van der Waals surface area contributed by atoms with Crippen LogP contribution < -0.4 is 0 Å².